The lowest BCUT2D eigenvalue weighted by molar-refractivity contribution is 0.148. The van der Waals surface area contributed by atoms with E-state index < -0.39 is 0 Å². The standard InChI is InChI=1S/C11H19N3O/c12-8-11(10-2-7-15-9-10)14-5-1-3-13-4-6-14/h10-11,13H,1-7,9H2. The van der Waals surface area contributed by atoms with E-state index in [4.69, 9.17) is 4.74 Å². The van der Waals surface area contributed by atoms with Crippen LogP contribution in [0.3, 0.4) is 0 Å². The van der Waals surface area contributed by atoms with Gasteiger partial charge in [0.15, 0.2) is 0 Å². The molecule has 2 atom stereocenters. The second-order valence-electron chi connectivity index (χ2n) is 4.34. The lowest BCUT2D eigenvalue weighted by Crippen LogP contribution is -2.42. The largest absolute Gasteiger partial charge is 0.381 e. The van der Waals surface area contributed by atoms with Gasteiger partial charge in [0.25, 0.3) is 0 Å². The van der Waals surface area contributed by atoms with Crippen LogP contribution >= 0.6 is 0 Å². The molecule has 4 nitrogen and oxygen atoms in total. The normalized spacial score (nSPS) is 30.7. The van der Waals surface area contributed by atoms with Gasteiger partial charge in [-0.1, -0.05) is 0 Å². The van der Waals surface area contributed by atoms with E-state index in [0.29, 0.717) is 5.92 Å². The third-order valence-electron chi connectivity index (χ3n) is 3.31. The molecule has 0 amide bonds. The van der Waals surface area contributed by atoms with Crippen LogP contribution in [0.15, 0.2) is 0 Å². The van der Waals surface area contributed by atoms with Gasteiger partial charge >= 0.3 is 0 Å². The van der Waals surface area contributed by atoms with Crippen LogP contribution in [0, 0.1) is 17.2 Å². The molecule has 0 aromatic carbocycles. The molecule has 2 fully saturated rings. The lowest BCUT2D eigenvalue weighted by atomic mass is 9.98. The number of ether oxygens (including phenoxy) is 1. The molecule has 0 aromatic heterocycles. The van der Waals surface area contributed by atoms with Crippen LogP contribution < -0.4 is 5.32 Å². The van der Waals surface area contributed by atoms with Crippen LogP contribution in [0.2, 0.25) is 0 Å². The molecule has 0 spiro atoms. The molecule has 84 valence electrons. The first kappa shape index (κ1) is 10.9. The molecule has 2 unspecified atom stereocenters. The predicted octanol–water partition coefficient (Wildman–Crippen LogP) is 0.210. The maximum atomic E-state index is 9.26. The van der Waals surface area contributed by atoms with Crippen molar-refractivity contribution in [1.82, 2.24) is 10.2 Å². The minimum absolute atomic E-state index is 0.0624. The van der Waals surface area contributed by atoms with E-state index in [9.17, 15) is 5.26 Å². The first-order valence-electron chi connectivity index (χ1n) is 5.84. The van der Waals surface area contributed by atoms with Crippen molar-refractivity contribution in [3.63, 3.8) is 0 Å². The number of nitrogens with zero attached hydrogens (tertiary/aromatic N) is 2. The van der Waals surface area contributed by atoms with Crippen LogP contribution in [0.5, 0.6) is 0 Å². The first-order chi connectivity index (χ1) is 7.42. The van der Waals surface area contributed by atoms with Crippen LogP contribution in [0.1, 0.15) is 12.8 Å². The summed E-state index contributed by atoms with van der Waals surface area (Å²) in [6, 6.07) is 2.52. The lowest BCUT2D eigenvalue weighted by Gasteiger charge is -2.28. The summed E-state index contributed by atoms with van der Waals surface area (Å²) in [7, 11) is 0. The quantitative estimate of drug-likeness (QED) is 0.706. The highest BCUT2D eigenvalue weighted by atomic mass is 16.5. The van der Waals surface area contributed by atoms with Crippen LogP contribution in [0.4, 0.5) is 0 Å². The Kier molecular flexibility index (Phi) is 3.95. The molecular formula is C11H19N3O. The van der Waals surface area contributed by atoms with E-state index in [-0.39, 0.29) is 6.04 Å². The van der Waals surface area contributed by atoms with Crippen molar-refractivity contribution in [1.29, 1.82) is 5.26 Å². The SMILES string of the molecule is N#CC(C1CCOC1)N1CCCNCC1. The number of hydrogen-bond donors (Lipinski definition) is 1. The van der Waals surface area contributed by atoms with Gasteiger partial charge in [-0.25, -0.2) is 0 Å². The molecule has 0 radical (unpaired) electrons. The van der Waals surface area contributed by atoms with Gasteiger partial charge in [0.05, 0.1) is 12.7 Å². The van der Waals surface area contributed by atoms with Gasteiger partial charge in [-0.05, 0) is 19.4 Å². The topological polar surface area (TPSA) is 48.3 Å². The maximum absolute atomic E-state index is 9.26. The molecular weight excluding hydrogens is 190 g/mol. The van der Waals surface area contributed by atoms with E-state index in [2.05, 4.69) is 16.3 Å². The maximum Gasteiger partial charge on any atom is 0.103 e. The van der Waals surface area contributed by atoms with Crippen molar-refractivity contribution in [2.45, 2.75) is 18.9 Å². The zero-order valence-electron chi connectivity index (χ0n) is 9.11. The van der Waals surface area contributed by atoms with Gasteiger partial charge in [-0.15, -0.1) is 0 Å². The summed E-state index contributed by atoms with van der Waals surface area (Å²) in [4.78, 5) is 2.32. The van der Waals surface area contributed by atoms with E-state index in [0.717, 1.165) is 52.2 Å². The molecule has 2 rings (SSSR count). The van der Waals surface area contributed by atoms with Gasteiger partial charge < -0.3 is 10.1 Å². The molecule has 0 aliphatic carbocycles. The van der Waals surface area contributed by atoms with Gasteiger partial charge in [-0.3, -0.25) is 4.90 Å². The van der Waals surface area contributed by atoms with Crippen molar-refractivity contribution in [3.05, 3.63) is 0 Å². The van der Waals surface area contributed by atoms with Crippen LogP contribution in [0.25, 0.3) is 0 Å². The van der Waals surface area contributed by atoms with Gasteiger partial charge in [0.2, 0.25) is 0 Å². The van der Waals surface area contributed by atoms with Crippen molar-refractivity contribution in [2.24, 2.45) is 5.92 Å². The summed E-state index contributed by atoms with van der Waals surface area (Å²) in [5.41, 5.74) is 0. The summed E-state index contributed by atoms with van der Waals surface area (Å²) in [6.07, 6.45) is 2.19. The fraction of sp³-hybridized carbons (Fsp3) is 0.909. The minimum Gasteiger partial charge on any atom is -0.381 e. The molecule has 4 heteroatoms. The zero-order chi connectivity index (χ0) is 10.5. The van der Waals surface area contributed by atoms with Gasteiger partial charge in [0, 0.05) is 32.2 Å². The summed E-state index contributed by atoms with van der Waals surface area (Å²) < 4.78 is 5.37. The van der Waals surface area contributed by atoms with Gasteiger partial charge in [-0.2, -0.15) is 5.26 Å². The first-order valence-corrected chi connectivity index (χ1v) is 5.84. The van der Waals surface area contributed by atoms with Crippen molar-refractivity contribution in [3.8, 4) is 6.07 Å². The fourth-order valence-corrected chi connectivity index (χ4v) is 2.43. The number of nitrogens with one attached hydrogen (secondary N) is 1. The molecule has 0 aromatic rings. The van der Waals surface area contributed by atoms with Crippen molar-refractivity contribution < 1.29 is 4.74 Å². The molecule has 1 N–H and O–H groups in total. The Morgan fingerprint density at radius 3 is 3.07 bits per heavy atom. The Hall–Kier alpha value is -0.630. The fourth-order valence-electron chi connectivity index (χ4n) is 2.43. The van der Waals surface area contributed by atoms with Gasteiger partial charge in [0.1, 0.15) is 6.04 Å². The highest BCUT2D eigenvalue weighted by Gasteiger charge is 2.30. The second kappa shape index (κ2) is 5.45. The highest BCUT2D eigenvalue weighted by Crippen LogP contribution is 2.21. The Labute approximate surface area is 91.2 Å². The Bertz CT molecular complexity index is 224. The average Bonchev–Trinajstić information content (AvgIpc) is 2.63. The Morgan fingerprint density at radius 2 is 2.33 bits per heavy atom. The third-order valence-corrected chi connectivity index (χ3v) is 3.31. The van der Waals surface area contributed by atoms with Crippen LogP contribution in [-0.2, 0) is 4.74 Å². The molecule has 2 heterocycles. The molecule has 0 saturated carbocycles. The number of hydrogen-bond acceptors (Lipinski definition) is 4. The zero-order valence-corrected chi connectivity index (χ0v) is 9.11. The monoisotopic (exact) mass is 209 g/mol. The number of rotatable bonds is 2. The molecule has 0 bridgehead atoms. The second-order valence-corrected chi connectivity index (χ2v) is 4.34. The van der Waals surface area contributed by atoms with E-state index in [1.165, 1.54) is 0 Å². The van der Waals surface area contributed by atoms with Crippen LogP contribution in [-0.4, -0.2) is 50.3 Å². The Morgan fingerprint density at radius 1 is 1.40 bits per heavy atom. The highest BCUT2D eigenvalue weighted by molar-refractivity contribution is 4.98. The smallest absolute Gasteiger partial charge is 0.103 e. The van der Waals surface area contributed by atoms with E-state index >= 15 is 0 Å². The summed E-state index contributed by atoms with van der Waals surface area (Å²) in [6.45, 7) is 5.72. The molecule has 2 saturated heterocycles. The average molecular weight is 209 g/mol. The summed E-state index contributed by atoms with van der Waals surface area (Å²) >= 11 is 0. The van der Waals surface area contributed by atoms with E-state index in [1.54, 1.807) is 0 Å². The molecule has 2 aliphatic rings. The number of nitriles is 1. The van der Waals surface area contributed by atoms with Crippen molar-refractivity contribution in [2.75, 3.05) is 39.4 Å². The van der Waals surface area contributed by atoms with Crippen molar-refractivity contribution >= 4 is 0 Å². The summed E-state index contributed by atoms with van der Waals surface area (Å²) in [5, 5.41) is 12.6. The molecule has 15 heavy (non-hydrogen) atoms. The third kappa shape index (κ3) is 2.69. The van der Waals surface area contributed by atoms with E-state index in [1.807, 2.05) is 0 Å². The minimum atomic E-state index is 0.0624. The molecule has 2 aliphatic heterocycles. The Balaban J connectivity index is 1.94. The predicted molar refractivity (Wildman–Crippen MR) is 57.4 cm³/mol. The summed E-state index contributed by atoms with van der Waals surface area (Å²) in [5.74, 6) is 0.424.